The number of nitro groups is 1. The topological polar surface area (TPSA) is 87.0 Å². The minimum Gasteiger partial charge on any atom is -0.377 e. The fourth-order valence-corrected chi connectivity index (χ4v) is 3.76. The minimum atomic E-state index is -0.507. The van der Waals surface area contributed by atoms with E-state index in [1.54, 1.807) is 58.4 Å². The quantitative estimate of drug-likeness (QED) is 0.427. The van der Waals surface area contributed by atoms with Crippen LogP contribution in [0.1, 0.15) is 15.2 Å². The molecular weight excluding hydrogens is 392 g/mol. The highest BCUT2D eigenvalue weighted by atomic mass is 32.1. The van der Waals surface area contributed by atoms with Gasteiger partial charge in [-0.1, -0.05) is 6.07 Å². The third-order valence-electron chi connectivity index (χ3n) is 4.72. The van der Waals surface area contributed by atoms with Gasteiger partial charge in [-0.15, -0.1) is 11.3 Å². The van der Waals surface area contributed by atoms with Crippen molar-refractivity contribution >= 4 is 40.6 Å². The monoisotopic (exact) mass is 414 g/mol. The number of benzene rings is 1. The molecule has 29 heavy (non-hydrogen) atoms. The second kappa shape index (κ2) is 8.87. The van der Waals surface area contributed by atoms with Crippen molar-refractivity contribution < 1.29 is 14.5 Å². The molecule has 0 radical (unpaired) electrons. The summed E-state index contributed by atoms with van der Waals surface area (Å²) in [6.07, 6.45) is 3.34. The zero-order valence-electron chi connectivity index (χ0n) is 16.3. The third kappa shape index (κ3) is 4.80. The molecule has 0 spiro atoms. The summed E-state index contributed by atoms with van der Waals surface area (Å²) in [6, 6.07) is 8.16. The van der Waals surface area contributed by atoms with Crippen molar-refractivity contribution in [3.63, 3.8) is 0 Å². The Bertz CT molecular complexity index is 932. The summed E-state index contributed by atoms with van der Waals surface area (Å²) in [6.45, 7) is 1.61. The van der Waals surface area contributed by atoms with E-state index in [1.807, 2.05) is 17.5 Å². The van der Waals surface area contributed by atoms with Crippen LogP contribution in [0.15, 0.2) is 41.8 Å². The standard InChI is InChI=1S/C20H22N4O4S/c1-21(2)18-7-5-15(24(27)28)14-17(18)20(26)23-11-9-22(10-12-23)19(25)8-6-16-4-3-13-29-16/h3-8,13-14H,9-12H2,1-2H3. The third-order valence-corrected chi connectivity index (χ3v) is 5.55. The average Bonchev–Trinajstić information content (AvgIpc) is 3.24. The Labute approximate surface area is 172 Å². The number of carbonyl (C=O) groups is 2. The van der Waals surface area contributed by atoms with E-state index < -0.39 is 4.92 Å². The molecule has 0 bridgehead atoms. The van der Waals surface area contributed by atoms with Gasteiger partial charge in [-0.3, -0.25) is 19.7 Å². The van der Waals surface area contributed by atoms with Gasteiger partial charge in [0.15, 0.2) is 0 Å². The number of rotatable bonds is 5. The second-order valence-electron chi connectivity index (χ2n) is 6.82. The van der Waals surface area contributed by atoms with Crippen LogP contribution >= 0.6 is 11.3 Å². The molecule has 3 rings (SSSR count). The van der Waals surface area contributed by atoms with Crippen molar-refractivity contribution in [2.24, 2.45) is 0 Å². The van der Waals surface area contributed by atoms with Crippen LogP contribution in [0.4, 0.5) is 11.4 Å². The lowest BCUT2D eigenvalue weighted by molar-refractivity contribution is -0.384. The van der Waals surface area contributed by atoms with Crippen LogP contribution in [-0.4, -0.2) is 66.8 Å². The fraction of sp³-hybridized carbons (Fsp3) is 0.300. The molecule has 2 heterocycles. The van der Waals surface area contributed by atoms with Gasteiger partial charge in [-0.25, -0.2) is 0 Å². The summed E-state index contributed by atoms with van der Waals surface area (Å²) in [7, 11) is 3.57. The van der Waals surface area contributed by atoms with Crippen LogP contribution < -0.4 is 4.90 Å². The van der Waals surface area contributed by atoms with Crippen molar-refractivity contribution in [2.45, 2.75) is 0 Å². The lowest BCUT2D eigenvalue weighted by Crippen LogP contribution is -2.50. The Morgan fingerprint density at radius 2 is 1.83 bits per heavy atom. The molecule has 1 aliphatic heterocycles. The van der Waals surface area contributed by atoms with Crippen LogP contribution in [0.2, 0.25) is 0 Å². The first kappa shape index (κ1) is 20.5. The number of amides is 2. The van der Waals surface area contributed by atoms with Gasteiger partial charge in [-0.05, 0) is 23.6 Å². The first-order valence-electron chi connectivity index (χ1n) is 9.12. The largest absolute Gasteiger partial charge is 0.377 e. The van der Waals surface area contributed by atoms with Gasteiger partial charge >= 0.3 is 0 Å². The summed E-state index contributed by atoms with van der Waals surface area (Å²) in [5, 5.41) is 13.1. The van der Waals surface area contributed by atoms with E-state index in [1.165, 1.54) is 12.1 Å². The molecule has 9 heteroatoms. The number of hydrogen-bond acceptors (Lipinski definition) is 6. The van der Waals surface area contributed by atoms with Crippen molar-refractivity contribution in [3.05, 3.63) is 62.3 Å². The van der Waals surface area contributed by atoms with Crippen LogP contribution in [-0.2, 0) is 4.79 Å². The van der Waals surface area contributed by atoms with Crippen LogP contribution in [0, 0.1) is 10.1 Å². The number of anilines is 1. The lowest BCUT2D eigenvalue weighted by atomic mass is 10.1. The number of non-ortho nitro benzene ring substituents is 1. The maximum atomic E-state index is 13.0. The van der Waals surface area contributed by atoms with Crippen molar-refractivity contribution in [1.82, 2.24) is 9.80 Å². The number of nitro benzene ring substituents is 1. The fourth-order valence-electron chi connectivity index (χ4n) is 3.14. The van der Waals surface area contributed by atoms with Gasteiger partial charge in [0.05, 0.1) is 10.5 Å². The molecule has 1 aliphatic rings. The summed E-state index contributed by atoms with van der Waals surface area (Å²) >= 11 is 1.56. The molecule has 1 fully saturated rings. The van der Waals surface area contributed by atoms with Crippen molar-refractivity contribution in [2.75, 3.05) is 45.2 Å². The molecule has 1 saturated heterocycles. The highest BCUT2D eigenvalue weighted by Crippen LogP contribution is 2.26. The van der Waals surface area contributed by atoms with Gasteiger partial charge in [0.2, 0.25) is 5.91 Å². The summed E-state index contributed by atoms with van der Waals surface area (Å²) in [5.41, 5.74) is 0.797. The molecule has 0 unspecified atom stereocenters. The van der Waals surface area contributed by atoms with E-state index in [4.69, 9.17) is 0 Å². The molecule has 2 aromatic rings. The van der Waals surface area contributed by atoms with Crippen LogP contribution in [0.5, 0.6) is 0 Å². The number of carbonyl (C=O) groups excluding carboxylic acids is 2. The van der Waals surface area contributed by atoms with Crippen molar-refractivity contribution in [1.29, 1.82) is 0 Å². The SMILES string of the molecule is CN(C)c1ccc([N+](=O)[O-])cc1C(=O)N1CCN(C(=O)C=Cc2cccs2)CC1. The molecule has 0 N–H and O–H groups in total. The average molecular weight is 414 g/mol. The van der Waals surface area contributed by atoms with Gasteiger partial charge in [0.1, 0.15) is 0 Å². The molecular formula is C20H22N4O4S. The maximum absolute atomic E-state index is 13.0. The summed E-state index contributed by atoms with van der Waals surface area (Å²) < 4.78 is 0. The zero-order chi connectivity index (χ0) is 21.0. The molecule has 2 amide bonds. The van der Waals surface area contributed by atoms with Gasteiger partial charge in [-0.2, -0.15) is 0 Å². The van der Waals surface area contributed by atoms with Gasteiger partial charge in [0.25, 0.3) is 11.6 Å². The van der Waals surface area contributed by atoms with E-state index in [0.29, 0.717) is 37.4 Å². The molecule has 0 atom stereocenters. The Hall–Kier alpha value is -3.20. The molecule has 152 valence electrons. The molecule has 0 aliphatic carbocycles. The molecule has 1 aromatic carbocycles. The maximum Gasteiger partial charge on any atom is 0.270 e. The highest BCUT2D eigenvalue weighted by Gasteiger charge is 2.27. The Kier molecular flexibility index (Phi) is 6.28. The number of hydrogen-bond donors (Lipinski definition) is 0. The minimum absolute atomic E-state index is 0.0881. The van der Waals surface area contributed by atoms with Crippen LogP contribution in [0.25, 0.3) is 6.08 Å². The molecule has 1 aromatic heterocycles. The van der Waals surface area contributed by atoms with E-state index in [2.05, 4.69) is 0 Å². The second-order valence-corrected chi connectivity index (χ2v) is 7.80. The number of nitrogens with zero attached hydrogens (tertiary/aromatic N) is 4. The van der Waals surface area contributed by atoms with E-state index >= 15 is 0 Å². The number of thiophene rings is 1. The molecule has 8 nitrogen and oxygen atoms in total. The predicted octanol–water partition coefficient (Wildman–Crippen LogP) is 2.72. The van der Waals surface area contributed by atoms with E-state index in [0.717, 1.165) is 4.88 Å². The summed E-state index contributed by atoms with van der Waals surface area (Å²) in [4.78, 5) is 42.1. The Morgan fingerprint density at radius 3 is 2.41 bits per heavy atom. The predicted molar refractivity (Wildman–Crippen MR) is 113 cm³/mol. The first-order valence-corrected chi connectivity index (χ1v) is 10.0. The van der Waals surface area contributed by atoms with Gasteiger partial charge in [0, 0.05) is 69.0 Å². The smallest absolute Gasteiger partial charge is 0.270 e. The summed E-state index contributed by atoms with van der Waals surface area (Å²) in [5.74, 6) is -0.353. The Morgan fingerprint density at radius 1 is 1.14 bits per heavy atom. The van der Waals surface area contributed by atoms with Crippen LogP contribution in [0.3, 0.4) is 0 Å². The zero-order valence-corrected chi connectivity index (χ0v) is 17.1. The number of piperazine rings is 1. The highest BCUT2D eigenvalue weighted by molar-refractivity contribution is 7.10. The normalized spacial score (nSPS) is 14.3. The van der Waals surface area contributed by atoms with E-state index in [9.17, 15) is 19.7 Å². The lowest BCUT2D eigenvalue weighted by Gasteiger charge is -2.34. The van der Waals surface area contributed by atoms with Gasteiger partial charge < -0.3 is 14.7 Å². The van der Waals surface area contributed by atoms with Crippen molar-refractivity contribution in [3.8, 4) is 0 Å². The van der Waals surface area contributed by atoms with E-state index in [-0.39, 0.29) is 17.5 Å². The Balaban J connectivity index is 1.68. The first-order chi connectivity index (χ1) is 13.9. The molecule has 0 saturated carbocycles.